The number of carbonyl (C=O) groups is 2. The Morgan fingerprint density at radius 1 is 1.00 bits per heavy atom. The van der Waals surface area contributed by atoms with E-state index in [0.717, 1.165) is 43.7 Å². The Kier molecular flexibility index (Phi) is 8.42. The molecule has 1 aromatic rings. The van der Waals surface area contributed by atoms with Gasteiger partial charge < -0.3 is 14.9 Å². The van der Waals surface area contributed by atoms with Crippen LogP contribution in [0, 0.1) is 0 Å². The maximum absolute atomic E-state index is 10.5. The third-order valence-electron chi connectivity index (χ3n) is 3.12. The van der Waals surface area contributed by atoms with Crippen LogP contribution in [0.5, 0.6) is 5.75 Å². The van der Waals surface area contributed by atoms with Gasteiger partial charge in [-0.2, -0.15) is 0 Å². The standard InChI is InChI=1S/C17H22O5/c18-16(19)10-4-2-1-3-7-13-22-15-9-6-5-8-14(15)11-12-17(20)21/h5-6,8-9,11-12H,1-4,7,10,13H2,(H,18,19)(H,20,21)/b12-11+. The number of hydrogen-bond donors (Lipinski definition) is 2. The third-order valence-corrected chi connectivity index (χ3v) is 3.12. The van der Waals surface area contributed by atoms with Crippen LogP contribution in [0.3, 0.4) is 0 Å². The third kappa shape index (κ3) is 8.09. The number of carboxylic acids is 2. The summed E-state index contributed by atoms with van der Waals surface area (Å²) in [6.07, 6.45) is 7.37. The van der Waals surface area contributed by atoms with Crippen molar-refractivity contribution in [2.24, 2.45) is 0 Å². The Labute approximate surface area is 130 Å². The fourth-order valence-corrected chi connectivity index (χ4v) is 2.00. The molecule has 0 radical (unpaired) electrons. The fourth-order valence-electron chi connectivity index (χ4n) is 2.00. The van der Waals surface area contributed by atoms with Crippen LogP contribution in [-0.4, -0.2) is 28.8 Å². The predicted molar refractivity (Wildman–Crippen MR) is 83.9 cm³/mol. The van der Waals surface area contributed by atoms with E-state index in [-0.39, 0.29) is 6.42 Å². The van der Waals surface area contributed by atoms with E-state index in [1.54, 1.807) is 6.07 Å². The van der Waals surface area contributed by atoms with Gasteiger partial charge in [-0.3, -0.25) is 4.79 Å². The highest BCUT2D eigenvalue weighted by molar-refractivity contribution is 5.85. The molecule has 0 aromatic heterocycles. The lowest BCUT2D eigenvalue weighted by atomic mass is 10.1. The summed E-state index contributed by atoms with van der Waals surface area (Å²) in [5, 5.41) is 17.2. The van der Waals surface area contributed by atoms with Crippen molar-refractivity contribution in [3.05, 3.63) is 35.9 Å². The van der Waals surface area contributed by atoms with E-state index < -0.39 is 11.9 Å². The smallest absolute Gasteiger partial charge is 0.328 e. The molecule has 0 amide bonds. The topological polar surface area (TPSA) is 83.8 Å². The molecule has 0 aliphatic carbocycles. The van der Waals surface area contributed by atoms with Crippen molar-refractivity contribution in [1.82, 2.24) is 0 Å². The average Bonchev–Trinajstić information content (AvgIpc) is 2.48. The summed E-state index contributed by atoms with van der Waals surface area (Å²) in [7, 11) is 0. The first-order valence-corrected chi connectivity index (χ1v) is 7.44. The quantitative estimate of drug-likeness (QED) is 0.482. The van der Waals surface area contributed by atoms with Gasteiger partial charge in [0.25, 0.3) is 0 Å². The summed E-state index contributed by atoms with van der Waals surface area (Å²) in [6.45, 7) is 0.566. The molecule has 0 fully saturated rings. The zero-order valence-corrected chi connectivity index (χ0v) is 12.5. The van der Waals surface area contributed by atoms with Crippen LogP contribution >= 0.6 is 0 Å². The van der Waals surface area contributed by atoms with Gasteiger partial charge in [0.05, 0.1) is 6.61 Å². The SMILES string of the molecule is O=C(O)/C=C/c1ccccc1OCCCCCCCC(=O)O. The molecule has 1 rings (SSSR count). The minimum Gasteiger partial charge on any atom is -0.493 e. The number of benzene rings is 1. The summed E-state index contributed by atoms with van der Waals surface area (Å²) in [6, 6.07) is 7.30. The molecule has 0 bridgehead atoms. The van der Waals surface area contributed by atoms with Crippen molar-refractivity contribution in [1.29, 1.82) is 0 Å². The maximum atomic E-state index is 10.5. The molecular formula is C17H22O5. The van der Waals surface area contributed by atoms with Gasteiger partial charge in [-0.25, -0.2) is 4.79 Å². The summed E-state index contributed by atoms with van der Waals surface area (Å²) in [5.41, 5.74) is 0.742. The van der Waals surface area contributed by atoms with E-state index in [9.17, 15) is 9.59 Å². The first kappa shape index (κ1) is 17.8. The normalized spacial score (nSPS) is 10.7. The largest absolute Gasteiger partial charge is 0.493 e. The molecule has 0 aliphatic rings. The van der Waals surface area contributed by atoms with Crippen LogP contribution in [0.2, 0.25) is 0 Å². The van der Waals surface area contributed by atoms with Crippen LogP contribution in [-0.2, 0) is 9.59 Å². The van der Waals surface area contributed by atoms with Gasteiger partial charge in [-0.05, 0) is 25.0 Å². The molecule has 0 saturated carbocycles. The van der Waals surface area contributed by atoms with Crippen molar-refractivity contribution < 1.29 is 24.5 Å². The molecule has 5 heteroatoms. The number of carboxylic acid groups (broad SMARTS) is 2. The molecule has 120 valence electrons. The summed E-state index contributed by atoms with van der Waals surface area (Å²) in [5.74, 6) is -1.06. The minimum absolute atomic E-state index is 0.236. The second-order valence-corrected chi connectivity index (χ2v) is 4.97. The number of aliphatic carboxylic acids is 2. The van der Waals surface area contributed by atoms with Gasteiger partial charge in [0.1, 0.15) is 5.75 Å². The maximum Gasteiger partial charge on any atom is 0.328 e. The second kappa shape index (κ2) is 10.4. The van der Waals surface area contributed by atoms with Gasteiger partial charge in [0.2, 0.25) is 0 Å². The zero-order chi connectivity index (χ0) is 16.2. The molecule has 0 unspecified atom stereocenters. The number of rotatable bonds is 11. The van der Waals surface area contributed by atoms with E-state index in [0.29, 0.717) is 12.4 Å². The average molecular weight is 306 g/mol. The Morgan fingerprint density at radius 3 is 2.41 bits per heavy atom. The highest BCUT2D eigenvalue weighted by Gasteiger charge is 2.01. The van der Waals surface area contributed by atoms with Crippen molar-refractivity contribution in [2.75, 3.05) is 6.61 Å². The Hall–Kier alpha value is -2.30. The molecule has 0 heterocycles. The van der Waals surface area contributed by atoms with Crippen LogP contribution < -0.4 is 4.74 Å². The highest BCUT2D eigenvalue weighted by atomic mass is 16.5. The zero-order valence-electron chi connectivity index (χ0n) is 12.5. The van der Waals surface area contributed by atoms with Crippen molar-refractivity contribution in [2.45, 2.75) is 38.5 Å². The van der Waals surface area contributed by atoms with Gasteiger partial charge in [0, 0.05) is 18.1 Å². The first-order valence-electron chi connectivity index (χ1n) is 7.44. The van der Waals surface area contributed by atoms with Crippen molar-refractivity contribution in [3.63, 3.8) is 0 Å². The Bertz CT molecular complexity index is 508. The fraction of sp³-hybridized carbons (Fsp3) is 0.412. The van der Waals surface area contributed by atoms with Crippen LogP contribution in [0.25, 0.3) is 6.08 Å². The molecular weight excluding hydrogens is 284 g/mol. The predicted octanol–water partition coefficient (Wildman–Crippen LogP) is 3.59. The molecule has 22 heavy (non-hydrogen) atoms. The number of ether oxygens (including phenoxy) is 1. The number of hydrogen-bond acceptors (Lipinski definition) is 3. The van der Waals surface area contributed by atoms with Gasteiger partial charge in [0.15, 0.2) is 0 Å². The lowest BCUT2D eigenvalue weighted by molar-refractivity contribution is -0.137. The minimum atomic E-state index is -0.990. The lowest BCUT2D eigenvalue weighted by Crippen LogP contribution is -1.99. The van der Waals surface area contributed by atoms with E-state index in [1.165, 1.54) is 6.08 Å². The molecule has 1 aromatic carbocycles. The van der Waals surface area contributed by atoms with E-state index >= 15 is 0 Å². The molecule has 0 spiro atoms. The Morgan fingerprint density at radius 2 is 1.68 bits per heavy atom. The van der Waals surface area contributed by atoms with E-state index in [4.69, 9.17) is 14.9 Å². The van der Waals surface area contributed by atoms with Crippen molar-refractivity contribution >= 4 is 18.0 Å². The lowest BCUT2D eigenvalue weighted by Gasteiger charge is -2.09. The second-order valence-electron chi connectivity index (χ2n) is 4.97. The molecule has 5 nitrogen and oxygen atoms in total. The van der Waals surface area contributed by atoms with Crippen LogP contribution in [0.15, 0.2) is 30.3 Å². The number of para-hydroxylation sites is 1. The molecule has 0 aliphatic heterocycles. The van der Waals surface area contributed by atoms with Crippen LogP contribution in [0.1, 0.15) is 44.1 Å². The summed E-state index contributed by atoms with van der Waals surface area (Å²) in [4.78, 5) is 20.9. The number of unbranched alkanes of at least 4 members (excludes halogenated alkanes) is 4. The Balaban J connectivity index is 2.25. The molecule has 0 atom stereocenters. The molecule has 0 saturated heterocycles. The first-order chi connectivity index (χ1) is 10.6. The summed E-state index contributed by atoms with van der Waals surface area (Å²) < 4.78 is 5.68. The monoisotopic (exact) mass is 306 g/mol. The van der Waals surface area contributed by atoms with Crippen molar-refractivity contribution in [3.8, 4) is 5.75 Å². The van der Waals surface area contributed by atoms with Crippen LogP contribution in [0.4, 0.5) is 0 Å². The van der Waals surface area contributed by atoms with Gasteiger partial charge in [-0.1, -0.05) is 37.5 Å². The van der Waals surface area contributed by atoms with Gasteiger partial charge >= 0.3 is 11.9 Å². The summed E-state index contributed by atoms with van der Waals surface area (Å²) >= 11 is 0. The van der Waals surface area contributed by atoms with E-state index in [2.05, 4.69) is 0 Å². The van der Waals surface area contributed by atoms with E-state index in [1.807, 2.05) is 18.2 Å². The van der Waals surface area contributed by atoms with Gasteiger partial charge in [-0.15, -0.1) is 0 Å². The molecule has 2 N–H and O–H groups in total. The highest BCUT2D eigenvalue weighted by Crippen LogP contribution is 2.20.